The van der Waals surface area contributed by atoms with E-state index in [1.807, 2.05) is 0 Å². The van der Waals surface area contributed by atoms with Crippen molar-refractivity contribution in [3.63, 3.8) is 0 Å². The molecule has 0 aliphatic rings. The van der Waals surface area contributed by atoms with Gasteiger partial charge in [0.1, 0.15) is 0 Å². The Morgan fingerprint density at radius 2 is 1.32 bits per heavy atom. The van der Waals surface area contributed by atoms with Crippen molar-refractivity contribution in [1.82, 2.24) is 4.90 Å². The molecule has 0 atom stereocenters. The van der Waals surface area contributed by atoms with E-state index in [0.29, 0.717) is 13.2 Å². The second-order valence-corrected chi connectivity index (χ2v) is 6.17. The zero-order chi connectivity index (χ0) is 16.9. The van der Waals surface area contributed by atoms with Crippen molar-refractivity contribution in [1.29, 1.82) is 0 Å². The maximum atomic E-state index is 8.19. The highest BCUT2D eigenvalue weighted by atomic mass is 16.5. The third-order valence-corrected chi connectivity index (χ3v) is 3.55. The SMILES string of the molecule is CCCCCCCCCCCCN(C)C.[CH2]COCCCO. The summed E-state index contributed by atoms with van der Waals surface area (Å²) in [5.74, 6) is 0. The third kappa shape index (κ3) is 28.1. The molecule has 0 saturated heterocycles. The predicted octanol–water partition coefficient (Wildman–Crippen LogP) is 4.69. The molecule has 0 rings (SSSR count). The van der Waals surface area contributed by atoms with Crippen molar-refractivity contribution >= 4 is 0 Å². The van der Waals surface area contributed by atoms with E-state index < -0.39 is 0 Å². The predicted molar refractivity (Wildman–Crippen MR) is 98.3 cm³/mol. The fourth-order valence-electron chi connectivity index (χ4n) is 2.18. The first-order valence-corrected chi connectivity index (χ1v) is 9.31. The lowest BCUT2D eigenvalue weighted by atomic mass is 10.1. The van der Waals surface area contributed by atoms with E-state index >= 15 is 0 Å². The standard InChI is InChI=1S/C14H31N.C5H11O2/c1-4-5-6-7-8-9-10-11-12-13-14-15(2)3;1-2-7-5-3-4-6/h4-14H2,1-3H3;6H,1-5H2. The first-order valence-electron chi connectivity index (χ1n) is 9.31. The molecule has 0 bridgehead atoms. The van der Waals surface area contributed by atoms with Gasteiger partial charge in [0, 0.05) is 19.8 Å². The highest BCUT2D eigenvalue weighted by molar-refractivity contribution is 4.49. The quantitative estimate of drug-likeness (QED) is 0.445. The molecule has 0 fully saturated rings. The van der Waals surface area contributed by atoms with Gasteiger partial charge < -0.3 is 14.7 Å². The number of nitrogens with zero attached hydrogens (tertiary/aromatic N) is 1. The van der Waals surface area contributed by atoms with E-state index in [1.54, 1.807) is 0 Å². The van der Waals surface area contributed by atoms with Crippen LogP contribution in [0.4, 0.5) is 0 Å². The van der Waals surface area contributed by atoms with Gasteiger partial charge in [-0.15, -0.1) is 0 Å². The molecule has 22 heavy (non-hydrogen) atoms. The summed E-state index contributed by atoms with van der Waals surface area (Å²) in [7, 11) is 4.32. The van der Waals surface area contributed by atoms with Gasteiger partial charge in [-0.05, 0) is 40.4 Å². The number of ether oxygens (including phenoxy) is 1. The van der Waals surface area contributed by atoms with Gasteiger partial charge in [-0.1, -0.05) is 64.7 Å². The molecular weight excluding hydrogens is 274 g/mol. The van der Waals surface area contributed by atoms with Crippen LogP contribution in [-0.4, -0.2) is 50.5 Å². The molecule has 0 unspecified atom stereocenters. The van der Waals surface area contributed by atoms with Gasteiger partial charge in [0.05, 0.1) is 0 Å². The highest BCUT2D eigenvalue weighted by Crippen LogP contribution is 2.10. The summed E-state index contributed by atoms with van der Waals surface area (Å²) >= 11 is 0. The molecule has 0 amide bonds. The molecule has 0 spiro atoms. The van der Waals surface area contributed by atoms with Gasteiger partial charge in [-0.3, -0.25) is 0 Å². The van der Waals surface area contributed by atoms with Crippen LogP contribution in [0.15, 0.2) is 0 Å². The molecule has 0 heterocycles. The van der Waals surface area contributed by atoms with Crippen molar-refractivity contribution < 1.29 is 9.84 Å². The van der Waals surface area contributed by atoms with Gasteiger partial charge in [0.15, 0.2) is 0 Å². The van der Waals surface area contributed by atoms with Crippen LogP contribution >= 0.6 is 0 Å². The Hall–Kier alpha value is -0.120. The average molecular weight is 317 g/mol. The second kappa shape index (κ2) is 23.2. The second-order valence-electron chi connectivity index (χ2n) is 6.17. The Labute approximate surface area is 140 Å². The summed E-state index contributed by atoms with van der Waals surface area (Å²) in [4.78, 5) is 2.28. The molecule has 3 nitrogen and oxygen atoms in total. The summed E-state index contributed by atoms with van der Waals surface area (Å²) in [5, 5.41) is 8.19. The zero-order valence-corrected chi connectivity index (χ0v) is 15.6. The Morgan fingerprint density at radius 1 is 0.818 bits per heavy atom. The van der Waals surface area contributed by atoms with E-state index in [4.69, 9.17) is 9.84 Å². The van der Waals surface area contributed by atoms with Crippen molar-refractivity contribution in [2.45, 2.75) is 77.6 Å². The zero-order valence-electron chi connectivity index (χ0n) is 15.6. The Balaban J connectivity index is 0. The summed E-state index contributed by atoms with van der Waals surface area (Å²) in [6.45, 7) is 8.33. The minimum Gasteiger partial charge on any atom is -0.396 e. The maximum absolute atomic E-state index is 8.19. The monoisotopic (exact) mass is 316 g/mol. The van der Waals surface area contributed by atoms with Crippen LogP contribution in [0.3, 0.4) is 0 Å². The van der Waals surface area contributed by atoms with Crippen LogP contribution in [0.5, 0.6) is 0 Å². The van der Waals surface area contributed by atoms with Crippen LogP contribution < -0.4 is 0 Å². The maximum Gasteiger partial charge on any atom is 0.0487 e. The Kier molecular flexibility index (Phi) is 25.4. The summed E-state index contributed by atoms with van der Waals surface area (Å²) in [6.07, 6.45) is 15.1. The van der Waals surface area contributed by atoms with Crippen molar-refractivity contribution in [2.75, 3.05) is 40.5 Å². The van der Waals surface area contributed by atoms with Gasteiger partial charge in [-0.2, -0.15) is 0 Å². The van der Waals surface area contributed by atoms with Gasteiger partial charge >= 0.3 is 0 Å². The fraction of sp³-hybridized carbons (Fsp3) is 0.947. The third-order valence-electron chi connectivity index (χ3n) is 3.55. The summed E-state index contributed by atoms with van der Waals surface area (Å²) in [6, 6.07) is 0. The normalized spacial score (nSPS) is 10.6. The number of unbranched alkanes of at least 4 members (excludes halogenated alkanes) is 9. The number of hydrogen-bond donors (Lipinski definition) is 1. The largest absolute Gasteiger partial charge is 0.396 e. The van der Waals surface area contributed by atoms with Crippen molar-refractivity contribution in [3.8, 4) is 0 Å². The van der Waals surface area contributed by atoms with E-state index in [1.165, 1.54) is 70.8 Å². The van der Waals surface area contributed by atoms with Crippen LogP contribution in [0.25, 0.3) is 0 Å². The van der Waals surface area contributed by atoms with Crippen molar-refractivity contribution in [3.05, 3.63) is 6.92 Å². The topological polar surface area (TPSA) is 32.7 Å². The Morgan fingerprint density at radius 3 is 1.73 bits per heavy atom. The molecule has 1 radical (unpaired) electrons. The summed E-state index contributed by atoms with van der Waals surface area (Å²) < 4.78 is 4.80. The van der Waals surface area contributed by atoms with E-state index in [0.717, 1.165) is 6.42 Å². The fourth-order valence-corrected chi connectivity index (χ4v) is 2.18. The Bertz CT molecular complexity index is 171. The van der Waals surface area contributed by atoms with Crippen LogP contribution in [0, 0.1) is 6.92 Å². The molecular formula is C19H42NO2. The smallest absolute Gasteiger partial charge is 0.0487 e. The van der Waals surface area contributed by atoms with Crippen LogP contribution in [0.2, 0.25) is 0 Å². The van der Waals surface area contributed by atoms with Crippen molar-refractivity contribution in [2.24, 2.45) is 0 Å². The van der Waals surface area contributed by atoms with Gasteiger partial charge in [0.2, 0.25) is 0 Å². The lowest BCUT2D eigenvalue weighted by molar-refractivity contribution is 0.138. The number of aliphatic hydroxyl groups excluding tert-OH is 1. The van der Waals surface area contributed by atoms with E-state index in [2.05, 4.69) is 32.8 Å². The van der Waals surface area contributed by atoms with E-state index in [9.17, 15) is 0 Å². The minimum absolute atomic E-state index is 0.208. The number of aliphatic hydroxyl groups is 1. The van der Waals surface area contributed by atoms with Crippen LogP contribution in [0.1, 0.15) is 77.6 Å². The first-order chi connectivity index (χ1) is 10.7. The highest BCUT2D eigenvalue weighted by Gasteiger charge is 1.93. The molecule has 0 aliphatic heterocycles. The molecule has 1 N–H and O–H groups in total. The molecule has 0 saturated carbocycles. The molecule has 0 aromatic heterocycles. The van der Waals surface area contributed by atoms with Crippen LogP contribution in [-0.2, 0) is 4.74 Å². The minimum atomic E-state index is 0.208. The molecule has 0 aromatic rings. The number of rotatable bonds is 15. The molecule has 0 aliphatic carbocycles. The summed E-state index contributed by atoms with van der Waals surface area (Å²) in [5.41, 5.74) is 0. The lowest BCUT2D eigenvalue weighted by Crippen LogP contribution is -2.12. The van der Waals surface area contributed by atoms with E-state index in [-0.39, 0.29) is 6.61 Å². The molecule has 0 aromatic carbocycles. The van der Waals surface area contributed by atoms with Gasteiger partial charge in [-0.25, -0.2) is 0 Å². The molecule has 3 heteroatoms. The first kappa shape index (κ1) is 24.1. The molecule has 135 valence electrons. The lowest BCUT2D eigenvalue weighted by Gasteiger charge is -2.08. The average Bonchev–Trinajstić information content (AvgIpc) is 2.50. The van der Waals surface area contributed by atoms with Gasteiger partial charge in [0.25, 0.3) is 0 Å². The number of hydrogen-bond acceptors (Lipinski definition) is 3.